The van der Waals surface area contributed by atoms with Gasteiger partial charge in [0.1, 0.15) is 5.71 Å². The lowest BCUT2D eigenvalue weighted by Crippen LogP contribution is -3.00. The first-order valence-electron chi connectivity index (χ1n) is 5.55. The van der Waals surface area contributed by atoms with Gasteiger partial charge in [-0.15, -0.1) is 6.42 Å². The molecule has 0 fully saturated rings. The second-order valence-corrected chi connectivity index (χ2v) is 3.78. The van der Waals surface area contributed by atoms with Crippen LogP contribution in [0.1, 0.15) is 11.1 Å². The fourth-order valence-electron chi connectivity index (χ4n) is 1.70. The summed E-state index contributed by atoms with van der Waals surface area (Å²) in [6.07, 6.45) is 8.97. The monoisotopic (exact) mass is 316 g/mol. The van der Waals surface area contributed by atoms with Gasteiger partial charge in [-0.25, -0.2) is 0 Å². The number of hydrogen-bond donors (Lipinski definition) is 1. The first-order valence-corrected chi connectivity index (χ1v) is 5.55. The minimum atomic E-state index is 0. The molecule has 0 saturated carbocycles. The molecule has 1 aromatic heterocycles. The minimum absolute atomic E-state index is 0. The molecular weight excluding hydrogens is 304 g/mol. The van der Waals surface area contributed by atoms with E-state index in [0.717, 1.165) is 11.1 Å². The zero-order valence-corrected chi connectivity index (χ0v) is 11.8. The van der Waals surface area contributed by atoms with Crippen LogP contribution in [0, 0.1) is 12.3 Å². The number of terminal acetylenes is 1. The van der Waals surface area contributed by atoms with Crippen molar-refractivity contribution in [2.45, 2.75) is 6.54 Å². The quantitative estimate of drug-likeness (QED) is 0.250. The van der Waals surface area contributed by atoms with E-state index in [1.165, 1.54) is 0 Å². The van der Waals surface area contributed by atoms with E-state index in [2.05, 4.69) is 11.1 Å². The van der Waals surface area contributed by atoms with Crippen LogP contribution in [0.25, 0.3) is 0 Å². The van der Waals surface area contributed by atoms with Crippen LogP contribution < -0.4 is 21.5 Å². The maximum atomic E-state index is 9.15. The molecule has 0 bridgehead atoms. The molecule has 0 amide bonds. The van der Waals surface area contributed by atoms with Gasteiger partial charge in [0, 0.05) is 23.3 Å². The summed E-state index contributed by atoms with van der Waals surface area (Å²) < 4.78 is 1.88. The summed E-state index contributed by atoms with van der Waals surface area (Å²) in [5.41, 5.74) is 2.26. The zero-order valence-electron chi connectivity index (χ0n) is 10.2. The van der Waals surface area contributed by atoms with E-state index in [9.17, 15) is 0 Å². The van der Waals surface area contributed by atoms with Crippen LogP contribution in [0.4, 0.5) is 0 Å². The maximum absolute atomic E-state index is 9.15. The fourth-order valence-corrected chi connectivity index (χ4v) is 1.70. The van der Waals surface area contributed by atoms with E-state index >= 15 is 0 Å². The third kappa shape index (κ3) is 3.67. The Bertz CT molecular complexity index is 586. The predicted molar refractivity (Wildman–Crippen MR) is 69.3 cm³/mol. The highest BCUT2D eigenvalue weighted by molar-refractivity contribution is 6.12. The molecule has 2 rings (SSSR count). The number of benzene rings is 1. The number of halogens is 1. The summed E-state index contributed by atoms with van der Waals surface area (Å²) >= 11 is 0. The molecule has 2 aromatic rings. The van der Waals surface area contributed by atoms with E-state index in [1.54, 1.807) is 0 Å². The van der Waals surface area contributed by atoms with Gasteiger partial charge in [-0.3, -0.25) is 0 Å². The summed E-state index contributed by atoms with van der Waals surface area (Å²) in [5, 5.41) is 12.5. The number of oxime groups is 1. The highest BCUT2D eigenvalue weighted by Gasteiger charge is 2.08. The van der Waals surface area contributed by atoms with E-state index < -0.39 is 0 Å². The Morgan fingerprint density at radius 3 is 2.21 bits per heavy atom. The fraction of sp³-hybridized carbons (Fsp3) is 0.0667. The van der Waals surface area contributed by atoms with Crippen LogP contribution in [0.5, 0.6) is 0 Å². The second kappa shape index (κ2) is 7.34. The Morgan fingerprint density at radius 2 is 1.68 bits per heavy atom. The standard InChI is InChI=1S/C15H12N2O.BrH/c1-2-10-17-11-8-14(9-12-17)15(16-18)13-6-4-3-5-7-13;/h1,3-9,11-12H,10H2;1H. The Kier molecular flexibility index (Phi) is 5.77. The van der Waals surface area contributed by atoms with Crippen molar-refractivity contribution in [3.05, 3.63) is 66.0 Å². The van der Waals surface area contributed by atoms with E-state index in [0.29, 0.717) is 12.3 Å². The normalized spacial score (nSPS) is 10.4. The molecule has 3 nitrogen and oxygen atoms in total. The van der Waals surface area contributed by atoms with Gasteiger partial charge in [0.2, 0.25) is 6.54 Å². The molecule has 0 atom stereocenters. The van der Waals surface area contributed by atoms with Crippen molar-refractivity contribution in [2.24, 2.45) is 5.16 Å². The largest absolute Gasteiger partial charge is 1.00 e. The Morgan fingerprint density at radius 1 is 1.11 bits per heavy atom. The SMILES string of the molecule is C#CC[n+]1ccc(/C(=N\O)c2ccccc2)cc1.[Br-]. The van der Waals surface area contributed by atoms with Crippen LogP contribution in [0.3, 0.4) is 0 Å². The van der Waals surface area contributed by atoms with Gasteiger partial charge in [0.15, 0.2) is 12.4 Å². The second-order valence-electron chi connectivity index (χ2n) is 3.78. The summed E-state index contributed by atoms with van der Waals surface area (Å²) in [7, 11) is 0. The molecule has 0 saturated heterocycles. The van der Waals surface area contributed by atoms with Gasteiger partial charge in [0.25, 0.3) is 0 Å². The van der Waals surface area contributed by atoms with Crippen molar-refractivity contribution in [2.75, 3.05) is 0 Å². The first-order chi connectivity index (χ1) is 8.85. The smallest absolute Gasteiger partial charge is 0.208 e. The van der Waals surface area contributed by atoms with Crippen LogP contribution in [0.2, 0.25) is 0 Å². The molecule has 0 spiro atoms. The number of aromatic nitrogens is 1. The zero-order chi connectivity index (χ0) is 12.8. The third-order valence-corrected chi connectivity index (χ3v) is 2.59. The highest BCUT2D eigenvalue weighted by atomic mass is 79.9. The summed E-state index contributed by atoms with van der Waals surface area (Å²) in [4.78, 5) is 0. The summed E-state index contributed by atoms with van der Waals surface area (Å²) in [6.45, 7) is 0.525. The number of hydrogen-bond acceptors (Lipinski definition) is 2. The van der Waals surface area contributed by atoms with Crippen molar-refractivity contribution in [3.8, 4) is 12.3 Å². The van der Waals surface area contributed by atoms with E-state index in [4.69, 9.17) is 11.6 Å². The van der Waals surface area contributed by atoms with Crippen LogP contribution in [-0.2, 0) is 6.54 Å². The lowest BCUT2D eigenvalue weighted by molar-refractivity contribution is -0.684. The van der Waals surface area contributed by atoms with Gasteiger partial charge in [0.05, 0.1) is 0 Å². The van der Waals surface area contributed by atoms with Crippen molar-refractivity contribution in [1.82, 2.24) is 0 Å². The molecule has 1 N–H and O–H groups in total. The van der Waals surface area contributed by atoms with E-state index in [-0.39, 0.29) is 17.0 Å². The van der Waals surface area contributed by atoms with Gasteiger partial charge in [-0.2, -0.15) is 4.57 Å². The number of rotatable bonds is 3. The minimum Gasteiger partial charge on any atom is -1.00 e. The highest BCUT2D eigenvalue weighted by Crippen LogP contribution is 2.09. The third-order valence-electron chi connectivity index (χ3n) is 2.59. The predicted octanol–water partition coefficient (Wildman–Crippen LogP) is -1.16. The Hall–Kier alpha value is -2.12. The Balaban J connectivity index is 0.00000180. The van der Waals surface area contributed by atoms with Gasteiger partial charge >= 0.3 is 0 Å². The average molecular weight is 317 g/mol. The molecule has 0 unspecified atom stereocenters. The molecule has 0 radical (unpaired) electrons. The van der Waals surface area contributed by atoms with Crippen LogP contribution in [-0.4, -0.2) is 10.9 Å². The first kappa shape index (κ1) is 14.9. The van der Waals surface area contributed by atoms with Crippen LogP contribution >= 0.6 is 0 Å². The lowest BCUT2D eigenvalue weighted by Gasteiger charge is -2.03. The lowest BCUT2D eigenvalue weighted by atomic mass is 10.0. The molecule has 4 heteroatoms. The maximum Gasteiger partial charge on any atom is 0.208 e. The van der Waals surface area contributed by atoms with Crippen molar-refractivity contribution < 1.29 is 26.8 Å². The Labute approximate surface area is 123 Å². The molecule has 0 aliphatic carbocycles. The molecule has 0 aliphatic rings. The van der Waals surface area contributed by atoms with Crippen molar-refractivity contribution >= 4 is 5.71 Å². The molecule has 1 aromatic carbocycles. The molecule has 0 aliphatic heterocycles. The van der Waals surface area contributed by atoms with Crippen molar-refractivity contribution in [1.29, 1.82) is 0 Å². The van der Waals surface area contributed by atoms with Gasteiger partial charge in [-0.1, -0.05) is 35.5 Å². The molecule has 96 valence electrons. The van der Waals surface area contributed by atoms with E-state index in [1.807, 2.05) is 59.4 Å². The van der Waals surface area contributed by atoms with Crippen LogP contribution in [0.15, 0.2) is 60.0 Å². The molecule has 1 heterocycles. The summed E-state index contributed by atoms with van der Waals surface area (Å²) in [5.74, 6) is 2.56. The topological polar surface area (TPSA) is 36.5 Å². The van der Waals surface area contributed by atoms with Gasteiger partial charge < -0.3 is 22.2 Å². The van der Waals surface area contributed by atoms with Crippen molar-refractivity contribution in [3.63, 3.8) is 0 Å². The number of nitrogens with zero attached hydrogens (tertiary/aromatic N) is 2. The average Bonchev–Trinajstić information content (AvgIpc) is 2.43. The summed E-state index contributed by atoms with van der Waals surface area (Å²) in [6, 6.07) is 13.3. The molecular formula is C15H13BrN2O. The molecule has 19 heavy (non-hydrogen) atoms. The number of pyridine rings is 1. The van der Waals surface area contributed by atoms with Gasteiger partial charge in [-0.05, 0) is 5.92 Å².